The molecular formula is C31H27ClF3NO6. The van der Waals surface area contributed by atoms with E-state index in [1.165, 1.54) is 36.4 Å². The van der Waals surface area contributed by atoms with Crippen molar-refractivity contribution >= 4 is 28.5 Å². The first-order valence-corrected chi connectivity index (χ1v) is 13.5. The molecule has 0 spiro atoms. The Hall–Kier alpha value is -3.86. The minimum absolute atomic E-state index is 0.0379. The van der Waals surface area contributed by atoms with Crippen molar-refractivity contribution in [3.05, 3.63) is 97.4 Å². The molecule has 1 fully saturated rings. The highest BCUT2D eigenvalue weighted by atomic mass is 35.5. The molecule has 1 aliphatic heterocycles. The smallest absolute Gasteiger partial charge is 0.449 e. The zero-order valence-electron chi connectivity index (χ0n) is 23.1. The molecule has 0 aliphatic carbocycles. The predicted octanol–water partition coefficient (Wildman–Crippen LogP) is 7.23. The van der Waals surface area contributed by atoms with E-state index in [0.717, 1.165) is 11.1 Å². The minimum Gasteiger partial charge on any atom is -0.449 e. The van der Waals surface area contributed by atoms with E-state index in [-0.39, 0.29) is 40.1 Å². The lowest BCUT2D eigenvalue weighted by Crippen LogP contribution is -2.36. The molecule has 1 aromatic heterocycles. The van der Waals surface area contributed by atoms with Crippen LogP contribution in [-0.4, -0.2) is 37.2 Å². The van der Waals surface area contributed by atoms with E-state index in [4.69, 9.17) is 30.2 Å². The second kappa shape index (κ2) is 11.8. The van der Waals surface area contributed by atoms with Gasteiger partial charge < -0.3 is 18.6 Å². The number of benzene rings is 3. The van der Waals surface area contributed by atoms with Crippen LogP contribution in [0.2, 0.25) is 5.02 Å². The van der Waals surface area contributed by atoms with Crippen molar-refractivity contribution in [2.45, 2.75) is 33.5 Å². The first kappa shape index (κ1) is 29.6. The van der Waals surface area contributed by atoms with Crippen molar-refractivity contribution < 1.29 is 36.6 Å². The average molecular weight is 602 g/mol. The molecule has 0 atom stereocenters. The number of carbonyl (C=O) groups excluding carboxylic acids is 1. The Labute approximate surface area is 244 Å². The van der Waals surface area contributed by atoms with Crippen LogP contribution in [0.4, 0.5) is 13.2 Å². The number of esters is 1. The van der Waals surface area contributed by atoms with E-state index in [0.29, 0.717) is 36.9 Å². The molecule has 42 heavy (non-hydrogen) atoms. The first-order valence-electron chi connectivity index (χ1n) is 13.2. The van der Waals surface area contributed by atoms with Gasteiger partial charge in [0.25, 0.3) is 5.76 Å². The van der Waals surface area contributed by atoms with E-state index in [1.54, 1.807) is 26.8 Å². The van der Waals surface area contributed by atoms with Gasteiger partial charge in [-0.1, -0.05) is 17.7 Å². The van der Waals surface area contributed by atoms with Crippen LogP contribution in [0.1, 0.15) is 38.4 Å². The van der Waals surface area contributed by atoms with Crippen LogP contribution in [0.5, 0.6) is 17.2 Å². The maximum Gasteiger partial charge on any atom is 0.453 e. The largest absolute Gasteiger partial charge is 0.453 e. The molecule has 5 rings (SSSR count). The van der Waals surface area contributed by atoms with Crippen LogP contribution in [-0.2, 0) is 17.5 Å². The molecule has 3 aromatic carbocycles. The van der Waals surface area contributed by atoms with Gasteiger partial charge in [-0.2, -0.15) is 13.2 Å². The van der Waals surface area contributed by atoms with Crippen LogP contribution >= 0.6 is 11.6 Å². The number of hydrogen-bond acceptors (Lipinski definition) is 7. The molecular weight excluding hydrogens is 575 g/mol. The fourth-order valence-corrected chi connectivity index (χ4v) is 4.87. The molecule has 0 amide bonds. The molecule has 7 nitrogen and oxygen atoms in total. The zero-order valence-corrected chi connectivity index (χ0v) is 23.8. The van der Waals surface area contributed by atoms with E-state index in [2.05, 4.69) is 0 Å². The van der Waals surface area contributed by atoms with Crippen LogP contribution in [0.15, 0.2) is 57.7 Å². The lowest BCUT2D eigenvalue weighted by molar-refractivity contribution is -0.154. The summed E-state index contributed by atoms with van der Waals surface area (Å²) in [7, 11) is 0. The van der Waals surface area contributed by atoms with Gasteiger partial charge >= 0.3 is 12.1 Å². The predicted molar refractivity (Wildman–Crippen MR) is 151 cm³/mol. The van der Waals surface area contributed by atoms with E-state index >= 15 is 0 Å². The van der Waals surface area contributed by atoms with Gasteiger partial charge in [0.15, 0.2) is 0 Å². The number of carbonyl (C=O) groups is 1. The average Bonchev–Trinajstić information content (AvgIpc) is 2.94. The van der Waals surface area contributed by atoms with Crippen molar-refractivity contribution in [1.29, 1.82) is 0 Å². The van der Waals surface area contributed by atoms with Crippen LogP contribution in [0, 0.1) is 20.8 Å². The van der Waals surface area contributed by atoms with Gasteiger partial charge in [-0.25, -0.2) is 4.79 Å². The summed E-state index contributed by atoms with van der Waals surface area (Å²) >= 11 is 5.92. The third-order valence-electron chi connectivity index (χ3n) is 7.08. The maximum absolute atomic E-state index is 14.4. The number of nitrogens with zero attached hydrogens (tertiary/aromatic N) is 1. The molecule has 0 N–H and O–H groups in total. The molecule has 0 radical (unpaired) electrons. The van der Waals surface area contributed by atoms with Gasteiger partial charge in [0, 0.05) is 24.7 Å². The topological polar surface area (TPSA) is 78.2 Å². The molecule has 220 valence electrons. The van der Waals surface area contributed by atoms with Gasteiger partial charge in [-0.15, -0.1) is 0 Å². The molecule has 4 aromatic rings. The summed E-state index contributed by atoms with van der Waals surface area (Å²) in [4.78, 5) is 28.5. The van der Waals surface area contributed by atoms with E-state index in [1.807, 2.05) is 11.0 Å². The second-order valence-corrected chi connectivity index (χ2v) is 10.5. The fourth-order valence-electron chi connectivity index (χ4n) is 4.75. The Morgan fingerprint density at radius 1 is 1.00 bits per heavy atom. The molecule has 1 aliphatic rings. The zero-order chi connectivity index (χ0) is 30.2. The lowest BCUT2D eigenvalue weighted by Gasteiger charge is -2.27. The summed E-state index contributed by atoms with van der Waals surface area (Å²) in [5, 5.41) is 0.273. The van der Waals surface area contributed by atoms with Gasteiger partial charge in [0.2, 0.25) is 11.2 Å². The van der Waals surface area contributed by atoms with Gasteiger partial charge in [0.05, 0.1) is 29.7 Å². The highest BCUT2D eigenvalue weighted by Gasteiger charge is 2.41. The van der Waals surface area contributed by atoms with Gasteiger partial charge in [0.1, 0.15) is 17.1 Å². The Balaban J connectivity index is 1.68. The maximum atomic E-state index is 14.4. The molecule has 0 unspecified atom stereocenters. The van der Waals surface area contributed by atoms with Crippen LogP contribution in [0.25, 0.3) is 11.0 Å². The van der Waals surface area contributed by atoms with Gasteiger partial charge in [-0.3, -0.25) is 9.69 Å². The quantitative estimate of drug-likeness (QED) is 0.170. The number of morpholine rings is 1. The first-order chi connectivity index (χ1) is 19.9. The molecule has 1 saturated heterocycles. The third kappa shape index (κ3) is 6.16. The Morgan fingerprint density at radius 3 is 2.36 bits per heavy atom. The van der Waals surface area contributed by atoms with E-state index < -0.39 is 29.1 Å². The summed E-state index contributed by atoms with van der Waals surface area (Å²) in [5.74, 6) is -3.22. The van der Waals surface area contributed by atoms with Gasteiger partial charge in [-0.05, 0) is 79.9 Å². The molecule has 0 saturated carbocycles. The summed E-state index contributed by atoms with van der Waals surface area (Å²) < 4.78 is 65.5. The summed E-state index contributed by atoms with van der Waals surface area (Å²) in [6, 6.07) is 12.0. The minimum atomic E-state index is -5.07. The van der Waals surface area contributed by atoms with Crippen molar-refractivity contribution in [2.75, 3.05) is 26.3 Å². The Kier molecular flexibility index (Phi) is 8.32. The van der Waals surface area contributed by atoms with Crippen molar-refractivity contribution in [2.24, 2.45) is 0 Å². The highest BCUT2D eigenvalue weighted by Crippen LogP contribution is 2.41. The van der Waals surface area contributed by atoms with Crippen LogP contribution < -0.4 is 14.9 Å². The number of fused-ring (bicyclic) bond motifs is 1. The highest BCUT2D eigenvalue weighted by molar-refractivity contribution is 6.30. The Bertz CT molecular complexity index is 1710. The standard InChI is InChI=1S/C31H27ClF3NO6/c1-17-14-18(2)19(3)25(15-17)40-28-26(37)22-8-9-24(41-30(38)20-4-6-21(32)7-5-20)23(16-36-10-12-39-13-11-36)27(22)42-29(28)31(33,34)35/h4-9,14-15H,10-13,16H2,1-3H3. The Morgan fingerprint density at radius 2 is 1.69 bits per heavy atom. The SMILES string of the molecule is Cc1cc(C)c(C)c(Oc2c(C(F)(F)F)oc3c(CN4CCOCC4)c(OC(=O)c4ccc(Cl)cc4)ccc3c2=O)c1. The number of ether oxygens (including phenoxy) is 3. The molecule has 0 bridgehead atoms. The van der Waals surface area contributed by atoms with Crippen molar-refractivity contribution in [3.63, 3.8) is 0 Å². The van der Waals surface area contributed by atoms with Crippen molar-refractivity contribution in [3.8, 4) is 17.2 Å². The monoisotopic (exact) mass is 601 g/mol. The third-order valence-corrected chi connectivity index (χ3v) is 7.33. The van der Waals surface area contributed by atoms with Crippen LogP contribution in [0.3, 0.4) is 0 Å². The number of halogens is 4. The number of aryl methyl sites for hydroxylation is 2. The fraction of sp³-hybridized carbons (Fsp3) is 0.290. The normalized spacial score (nSPS) is 14.3. The van der Waals surface area contributed by atoms with E-state index in [9.17, 15) is 22.8 Å². The number of rotatable bonds is 6. The number of hydrogen-bond donors (Lipinski definition) is 0. The number of alkyl halides is 3. The second-order valence-electron chi connectivity index (χ2n) is 10.1. The molecule has 2 heterocycles. The summed E-state index contributed by atoms with van der Waals surface area (Å²) in [6.45, 7) is 7.09. The summed E-state index contributed by atoms with van der Waals surface area (Å²) in [6.07, 6.45) is -5.07. The van der Waals surface area contributed by atoms with Crippen molar-refractivity contribution in [1.82, 2.24) is 4.90 Å². The lowest BCUT2D eigenvalue weighted by atomic mass is 10.1. The molecule has 11 heteroatoms. The summed E-state index contributed by atoms with van der Waals surface area (Å²) in [5.41, 5.74) is 1.10.